The Labute approximate surface area is 512 Å². The topological polar surface area (TPSA) is 246 Å². The number of nitrogens with zero attached hydrogens (tertiary/aromatic N) is 6. The van der Waals surface area contributed by atoms with Gasteiger partial charge in [-0.3, -0.25) is 38.3 Å². The molecule has 6 aromatic carbocycles. The van der Waals surface area contributed by atoms with E-state index in [4.69, 9.17) is 49.5 Å². The zero-order valence-corrected chi connectivity index (χ0v) is 49.4. The minimum Gasteiger partial charge on any atom is -0.493 e. The second-order valence-corrected chi connectivity index (χ2v) is 21.0. The molecule has 0 unspecified atom stereocenters. The van der Waals surface area contributed by atoms with Crippen LogP contribution in [-0.4, -0.2) is 80.7 Å². The second kappa shape index (κ2) is 25.3. The molecule has 0 fully saturated rings. The molecule has 0 spiro atoms. The van der Waals surface area contributed by atoms with Crippen LogP contribution in [0, 0.1) is 17.5 Å². The Bertz CT molecular complexity index is 4760. The maximum atomic E-state index is 15.4. The zero-order chi connectivity index (χ0) is 63.7. The van der Waals surface area contributed by atoms with E-state index < -0.39 is 63.4 Å². The fraction of sp³-hybridized carbons (Fsp3) is 0.188. The lowest BCUT2D eigenvalue weighted by Gasteiger charge is -2.23. The van der Waals surface area contributed by atoms with Crippen LogP contribution in [0.1, 0.15) is 60.5 Å². The van der Waals surface area contributed by atoms with Gasteiger partial charge in [-0.15, -0.1) is 0 Å². The summed E-state index contributed by atoms with van der Waals surface area (Å²) in [4.78, 5) is 88.3. The molecule has 0 bridgehead atoms. The van der Waals surface area contributed by atoms with Crippen LogP contribution < -0.4 is 71.0 Å². The Morgan fingerprint density at radius 2 is 0.956 bits per heavy atom. The number of fused-ring (bicyclic) bond motifs is 6. The van der Waals surface area contributed by atoms with Crippen molar-refractivity contribution in [2.75, 3.05) is 51.3 Å². The van der Waals surface area contributed by atoms with E-state index >= 15 is 8.78 Å². The van der Waals surface area contributed by atoms with Crippen molar-refractivity contribution in [3.8, 4) is 68.9 Å². The van der Waals surface area contributed by atoms with E-state index in [0.29, 0.717) is 81.1 Å². The number of methoxy groups -OCH3 is 2. The van der Waals surface area contributed by atoms with Crippen molar-refractivity contribution in [1.29, 1.82) is 0 Å². The van der Waals surface area contributed by atoms with Crippen LogP contribution in [-0.2, 0) is 0 Å². The fourth-order valence-corrected chi connectivity index (χ4v) is 9.96. The van der Waals surface area contributed by atoms with Crippen LogP contribution >= 0.6 is 11.6 Å². The predicted octanol–water partition coefficient (Wildman–Crippen LogP) is 11.0. The molecule has 90 heavy (non-hydrogen) atoms. The molecule has 12 rings (SSSR count). The predicted molar refractivity (Wildman–Crippen MR) is 326 cm³/mol. The number of anilines is 2. The molecule has 0 atom stereocenters. The summed E-state index contributed by atoms with van der Waals surface area (Å²) < 4.78 is 94.6. The molecule has 26 heteroatoms. The maximum absolute atomic E-state index is 15.4. The minimum atomic E-state index is -0.962. The van der Waals surface area contributed by atoms with E-state index in [1.807, 2.05) is 0 Å². The average molecular weight is 1250 g/mol. The summed E-state index contributed by atoms with van der Waals surface area (Å²) in [6, 6.07) is 24.2. The quantitative estimate of drug-likeness (QED) is 0.103. The highest BCUT2D eigenvalue weighted by atomic mass is 35.5. The monoisotopic (exact) mass is 1250 g/mol. The summed E-state index contributed by atoms with van der Waals surface area (Å²) in [5.41, 5.74) is -2.65. The van der Waals surface area contributed by atoms with Crippen LogP contribution in [0.4, 0.5) is 24.5 Å². The molecular weight excluding hydrogens is 1200 g/mol. The first-order valence-corrected chi connectivity index (χ1v) is 28.1. The summed E-state index contributed by atoms with van der Waals surface area (Å²) in [5.74, 6) is -1.42. The molecule has 6 heterocycles. The first-order valence-electron chi connectivity index (χ1n) is 27.7. The molecule has 2 amide bonds. The van der Waals surface area contributed by atoms with E-state index in [-0.39, 0.29) is 64.0 Å². The molecule has 0 aliphatic carbocycles. The molecule has 4 aromatic heterocycles. The summed E-state index contributed by atoms with van der Waals surface area (Å²) in [5, 5.41) is 6.38. The highest BCUT2D eigenvalue weighted by molar-refractivity contribution is 6.30. The van der Waals surface area contributed by atoms with Crippen LogP contribution in [0.15, 0.2) is 153 Å². The molecule has 22 nitrogen and oxygen atoms in total. The number of benzene rings is 6. The van der Waals surface area contributed by atoms with Crippen LogP contribution in [0.3, 0.4) is 0 Å². The lowest BCUT2D eigenvalue weighted by molar-refractivity contribution is 0.101. The Morgan fingerprint density at radius 1 is 0.522 bits per heavy atom. The SMILES string of the molecule is COc1cc2nccc(Oc3ccc(NC(=O)c4cn(C(C)C)c(=O)n(-c5ccc(Cl)cc5)c4=O)cc3F)c2c2c1OCCO2.COc1cc2nccc(Oc3ccc(NC(=O)c4cn(C(C)C)c(=O)n(-c5cccc(F)c5)c4=O)cc3F)c2c2c1OCCO2. The molecule has 0 saturated heterocycles. The van der Waals surface area contributed by atoms with Crippen molar-refractivity contribution < 1.29 is 60.7 Å². The van der Waals surface area contributed by atoms with Gasteiger partial charge in [0.1, 0.15) is 54.9 Å². The van der Waals surface area contributed by atoms with Crippen molar-refractivity contribution in [3.63, 3.8) is 0 Å². The van der Waals surface area contributed by atoms with E-state index in [9.17, 15) is 33.2 Å². The summed E-state index contributed by atoms with van der Waals surface area (Å²) in [7, 11) is 3.00. The molecule has 2 N–H and O–H groups in total. The number of nitrogens with one attached hydrogen (secondary N) is 2. The summed E-state index contributed by atoms with van der Waals surface area (Å²) in [6.45, 7) is 8.10. The number of hydrogen-bond acceptors (Lipinski definition) is 16. The Morgan fingerprint density at radius 3 is 1.37 bits per heavy atom. The van der Waals surface area contributed by atoms with Gasteiger partial charge in [0.05, 0.1) is 47.4 Å². The number of ether oxygens (including phenoxy) is 8. The highest BCUT2D eigenvalue weighted by Gasteiger charge is 2.28. The number of pyridine rings is 2. The first-order chi connectivity index (χ1) is 43.3. The lowest BCUT2D eigenvalue weighted by Crippen LogP contribution is -2.42. The Balaban J connectivity index is 0.000000185. The van der Waals surface area contributed by atoms with Gasteiger partial charge in [-0.05, 0) is 107 Å². The van der Waals surface area contributed by atoms with E-state index in [0.717, 1.165) is 39.6 Å². The molecule has 2 aliphatic heterocycles. The van der Waals surface area contributed by atoms with E-state index in [2.05, 4.69) is 20.6 Å². The standard InChI is InChI=1S/C32H26ClFN4O7.C32H26F2N4O7/c1-17(2)37-16-21(31(40)38(32(37)41)20-7-4-18(33)5-8-20)30(39)36-19-6-9-24(22(34)14-19)45-25-10-11-35-23-15-26(42-3)28-29(27(23)25)44-13-12-43-28;1-17(2)37-16-21(31(40)38(32(37)41)20-6-4-5-18(33)13-20)30(39)36-19-7-8-24(22(34)14-19)45-25-9-10-35-23-15-26(42-3)28-29(27(23)25)44-12-11-43-28/h4-11,14-17H,12-13H2,1-3H3,(H,36,39);4-10,13-17H,11-12H2,1-3H3,(H,36,39). The van der Waals surface area contributed by atoms with Gasteiger partial charge in [-0.1, -0.05) is 17.7 Å². The van der Waals surface area contributed by atoms with E-state index in [1.54, 1.807) is 52.0 Å². The van der Waals surface area contributed by atoms with Crippen molar-refractivity contribution in [2.45, 2.75) is 39.8 Å². The number of carbonyl (C=O) groups excluding carboxylic acids is 2. The van der Waals surface area contributed by atoms with Gasteiger partial charge in [0.25, 0.3) is 22.9 Å². The second-order valence-electron chi connectivity index (χ2n) is 20.6. The van der Waals surface area contributed by atoms with Gasteiger partial charge in [0.2, 0.25) is 11.5 Å². The van der Waals surface area contributed by atoms with Gasteiger partial charge in [0.15, 0.2) is 46.1 Å². The van der Waals surface area contributed by atoms with Gasteiger partial charge < -0.3 is 48.5 Å². The lowest BCUT2D eigenvalue weighted by atomic mass is 10.1. The van der Waals surface area contributed by atoms with Crippen molar-refractivity contribution in [1.82, 2.24) is 28.2 Å². The third-order valence-electron chi connectivity index (χ3n) is 14.1. The largest absolute Gasteiger partial charge is 0.493 e. The molecule has 10 aromatic rings. The Hall–Kier alpha value is -11.1. The van der Waals surface area contributed by atoms with Crippen molar-refractivity contribution >= 4 is 56.6 Å². The van der Waals surface area contributed by atoms with E-state index in [1.165, 1.54) is 103 Å². The zero-order valence-electron chi connectivity index (χ0n) is 48.6. The van der Waals surface area contributed by atoms with Crippen LogP contribution in [0.5, 0.6) is 57.5 Å². The third-order valence-corrected chi connectivity index (χ3v) is 14.4. The van der Waals surface area contributed by atoms with Gasteiger partial charge in [0, 0.05) is 77.5 Å². The number of aromatic nitrogens is 6. The number of halogens is 4. The molecule has 0 saturated carbocycles. The summed E-state index contributed by atoms with van der Waals surface area (Å²) >= 11 is 5.97. The van der Waals surface area contributed by atoms with Crippen molar-refractivity contribution in [2.24, 2.45) is 0 Å². The number of carbonyl (C=O) groups is 2. The Kier molecular flexibility index (Phi) is 17.1. The van der Waals surface area contributed by atoms with Gasteiger partial charge in [-0.2, -0.15) is 0 Å². The normalized spacial score (nSPS) is 12.3. The van der Waals surface area contributed by atoms with Crippen molar-refractivity contribution in [3.05, 3.63) is 209 Å². The molecule has 460 valence electrons. The number of hydrogen-bond donors (Lipinski definition) is 2. The van der Waals surface area contributed by atoms with Gasteiger partial charge in [-0.25, -0.2) is 31.9 Å². The number of amides is 2. The minimum absolute atomic E-state index is 0.0160. The smallest absolute Gasteiger partial charge is 0.335 e. The fourth-order valence-electron chi connectivity index (χ4n) is 9.83. The van der Waals surface area contributed by atoms with Crippen LogP contribution in [0.25, 0.3) is 33.2 Å². The number of rotatable bonds is 14. The molecular formula is C64H52ClF3N8O14. The van der Waals surface area contributed by atoms with Gasteiger partial charge >= 0.3 is 11.4 Å². The molecule has 2 aliphatic rings. The highest BCUT2D eigenvalue weighted by Crippen LogP contribution is 2.50. The third kappa shape index (κ3) is 11.9. The van der Waals surface area contributed by atoms with Crippen LogP contribution in [0.2, 0.25) is 5.02 Å². The molecule has 0 radical (unpaired) electrons. The summed E-state index contributed by atoms with van der Waals surface area (Å²) in [6.07, 6.45) is 5.32. The average Bonchev–Trinajstić information content (AvgIpc) is 0.890. The maximum Gasteiger partial charge on any atom is 0.335 e. The first kappa shape index (κ1) is 60.6.